The van der Waals surface area contributed by atoms with Gasteiger partial charge in [-0.25, -0.2) is 4.79 Å². The lowest BCUT2D eigenvalue weighted by molar-refractivity contribution is -0.123. The summed E-state index contributed by atoms with van der Waals surface area (Å²) in [4.78, 5) is 12.8. The molecule has 1 heterocycles. The second-order valence-corrected chi connectivity index (χ2v) is 4.93. The van der Waals surface area contributed by atoms with Gasteiger partial charge in [-0.1, -0.05) is 13.8 Å². The van der Waals surface area contributed by atoms with Crippen LogP contribution in [0.1, 0.15) is 26.7 Å². The molecule has 94 valence electrons. The maximum Gasteiger partial charge on any atom is 0.405 e. The van der Waals surface area contributed by atoms with Gasteiger partial charge in [-0.2, -0.15) is 13.2 Å². The van der Waals surface area contributed by atoms with Crippen molar-refractivity contribution in [3.63, 3.8) is 0 Å². The second kappa shape index (κ2) is 4.51. The summed E-state index contributed by atoms with van der Waals surface area (Å²) in [6.45, 7) is 3.98. The lowest BCUT2D eigenvalue weighted by atomic mass is 9.83. The zero-order chi connectivity index (χ0) is 12.4. The smallest absolute Gasteiger partial charge is 0.329 e. The monoisotopic (exact) mass is 238 g/mol. The molecule has 16 heavy (non-hydrogen) atoms. The van der Waals surface area contributed by atoms with E-state index in [4.69, 9.17) is 0 Å². The fraction of sp³-hybridized carbons (Fsp3) is 0.900. The summed E-state index contributed by atoms with van der Waals surface area (Å²) in [5.41, 5.74) is 0.181. The van der Waals surface area contributed by atoms with Gasteiger partial charge in [0, 0.05) is 13.1 Å². The Hall–Kier alpha value is -0.940. The van der Waals surface area contributed by atoms with Crippen LogP contribution < -0.4 is 5.32 Å². The average molecular weight is 238 g/mol. The zero-order valence-electron chi connectivity index (χ0n) is 9.52. The third-order valence-corrected chi connectivity index (χ3v) is 2.84. The number of hydrogen-bond acceptors (Lipinski definition) is 1. The summed E-state index contributed by atoms with van der Waals surface area (Å²) >= 11 is 0. The van der Waals surface area contributed by atoms with Gasteiger partial charge in [0.05, 0.1) is 0 Å². The quantitative estimate of drug-likeness (QED) is 0.747. The number of likely N-dealkylation sites (tertiary alicyclic amines) is 1. The molecule has 6 heteroatoms. The Balaban J connectivity index is 2.34. The highest BCUT2D eigenvalue weighted by atomic mass is 19.4. The first-order chi connectivity index (χ1) is 7.20. The van der Waals surface area contributed by atoms with Crippen molar-refractivity contribution in [2.24, 2.45) is 5.41 Å². The van der Waals surface area contributed by atoms with Crippen LogP contribution in [0.15, 0.2) is 0 Å². The molecule has 0 aromatic heterocycles. The van der Waals surface area contributed by atoms with Crippen LogP contribution >= 0.6 is 0 Å². The number of nitrogens with zero attached hydrogens (tertiary/aromatic N) is 1. The fourth-order valence-corrected chi connectivity index (χ4v) is 1.60. The Morgan fingerprint density at radius 2 is 1.81 bits per heavy atom. The maximum atomic E-state index is 11.9. The molecule has 0 bridgehead atoms. The van der Waals surface area contributed by atoms with Crippen molar-refractivity contribution < 1.29 is 18.0 Å². The van der Waals surface area contributed by atoms with Gasteiger partial charge >= 0.3 is 12.2 Å². The molecule has 0 aromatic rings. The van der Waals surface area contributed by atoms with Crippen molar-refractivity contribution in [3.8, 4) is 0 Å². The van der Waals surface area contributed by atoms with Crippen LogP contribution in [0.2, 0.25) is 0 Å². The van der Waals surface area contributed by atoms with Crippen molar-refractivity contribution in [3.05, 3.63) is 0 Å². The predicted molar refractivity (Wildman–Crippen MR) is 54.0 cm³/mol. The van der Waals surface area contributed by atoms with E-state index in [0.717, 1.165) is 12.8 Å². The Morgan fingerprint density at radius 1 is 1.31 bits per heavy atom. The van der Waals surface area contributed by atoms with E-state index < -0.39 is 18.8 Å². The average Bonchev–Trinajstić information content (AvgIpc) is 2.13. The molecule has 1 N–H and O–H groups in total. The Bertz CT molecular complexity index is 253. The van der Waals surface area contributed by atoms with Gasteiger partial charge in [0.1, 0.15) is 6.54 Å². The summed E-state index contributed by atoms with van der Waals surface area (Å²) in [7, 11) is 0. The van der Waals surface area contributed by atoms with Crippen LogP contribution in [-0.2, 0) is 0 Å². The highest BCUT2D eigenvalue weighted by Crippen LogP contribution is 2.29. The first kappa shape index (κ1) is 13.1. The molecule has 0 unspecified atom stereocenters. The fourth-order valence-electron chi connectivity index (χ4n) is 1.60. The van der Waals surface area contributed by atoms with Crippen molar-refractivity contribution >= 4 is 6.03 Å². The molecule has 0 spiro atoms. The molecule has 1 fully saturated rings. The zero-order valence-corrected chi connectivity index (χ0v) is 9.52. The molecule has 1 saturated heterocycles. The number of halogens is 3. The number of piperidine rings is 1. The van der Waals surface area contributed by atoms with E-state index in [0.29, 0.717) is 13.1 Å². The van der Waals surface area contributed by atoms with Crippen LogP contribution in [0.25, 0.3) is 0 Å². The van der Waals surface area contributed by atoms with Crippen LogP contribution in [0, 0.1) is 5.41 Å². The molecule has 0 atom stereocenters. The van der Waals surface area contributed by atoms with Gasteiger partial charge in [0.15, 0.2) is 0 Å². The molecule has 0 aliphatic carbocycles. The molecular formula is C10H17F3N2O. The minimum atomic E-state index is -4.34. The van der Waals surface area contributed by atoms with E-state index >= 15 is 0 Å². The molecule has 0 radical (unpaired) electrons. The van der Waals surface area contributed by atoms with Crippen LogP contribution in [-0.4, -0.2) is 36.7 Å². The molecule has 0 saturated carbocycles. The predicted octanol–water partition coefficient (Wildman–Crippen LogP) is 2.38. The number of urea groups is 1. The normalized spacial score (nSPS) is 20.7. The van der Waals surface area contributed by atoms with E-state index in [2.05, 4.69) is 13.8 Å². The first-order valence-corrected chi connectivity index (χ1v) is 5.29. The van der Waals surface area contributed by atoms with E-state index in [1.807, 2.05) is 5.32 Å². The van der Waals surface area contributed by atoms with Crippen molar-refractivity contribution in [2.75, 3.05) is 19.6 Å². The van der Waals surface area contributed by atoms with Crippen LogP contribution in [0.4, 0.5) is 18.0 Å². The highest BCUT2D eigenvalue weighted by molar-refractivity contribution is 5.74. The van der Waals surface area contributed by atoms with Crippen LogP contribution in [0.5, 0.6) is 0 Å². The number of rotatable bonds is 1. The number of carbonyl (C=O) groups is 1. The van der Waals surface area contributed by atoms with Gasteiger partial charge < -0.3 is 10.2 Å². The lowest BCUT2D eigenvalue weighted by Crippen LogP contribution is -2.48. The molecular weight excluding hydrogens is 221 g/mol. The number of hydrogen-bond donors (Lipinski definition) is 1. The van der Waals surface area contributed by atoms with Crippen LogP contribution in [0.3, 0.4) is 0 Å². The minimum Gasteiger partial charge on any atom is -0.329 e. The Kier molecular flexibility index (Phi) is 3.70. The summed E-state index contributed by atoms with van der Waals surface area (Å²) < 4.78 is 35.6. The first-order valence-electron chi connectivity index (χ1n) is 5.29. The summed E-state index contributed by atoms with van der Waals surface area (Å²) in [5, 5.41) is 1.88. The summed E-state index contributed by atoms with van der Waals surface area (Å²) in [5.74, 6) is 0. The summed E-state index contributed by atoms with van der Waals surface area (Å²) in [6, 6.07) is -0.618. The van der Waals surface area contributed by atoms with Gasteiger partial charge in [0.25, 0.3) is 0 Å². The second-order valence-electron chi connectivity index (χ2n) is 4.93. The van der Waals surface area contributed by atoms with Gasteiger partial charge in [-0.15, -0.1) is 0 Å². The molecule has 3 nitrogen and oxygen atoms in total. The molecule has 2 amide bonds. The van der Waals surface area contributed by atoms with E-state index in [1.165, 1.54) is 4.90 Å². The van der Waals surface area contributed by atoms with Crippen molar-refractivity contribution in [2.45, 2.75) is 32.9 Å². The molecule has 1 aliphatic heterocycles. The SMILES string of the molecule is CC1(C)CCN(C(=O)NCC(F)(F)F)CC1. The van der Waals surface area contributed by atoms with Gasteiger partial charge in [0.2, 0.25) is 0 Å². The third-order valence-electron chi connectivity index (χ3n) is 2.84. The summed E-state index contributed by atoms with van der Waals surface area (Å²) in [6.07, 6.45) is -2.69. The standard InChI is InChI=1S/C10H17F3N2O/c1-9(2)3-5-15(6-4-9)8(16)14-7-10(11,12)13/h3-7H2,1-2H3,(H,14,16). The van der Waals surface area contributed by atoms with E-state index in [1.54, 1.807) is 0 Å². The van der Waals surface area contributed by atoms with Crippen molar-refractivity contribution in [1.29, 1.82) is 0 Å². The van der Waals surface area contributed by atoms with E-state index in [9.17, 15) is 18.0 Å². The minimum absolute atomic E-state index is 0.181. The van der Waals surface area contributed by atoms with Gasteiger partial charge in [-0.3, -0.25) is 0 Å². The number of carbonyl (C=O) groups excluding carboxylic acids is 1. The molecule has 0 aromatic carbocycles. The third kappa shape index (κ3) is 4.28. The van der Waals surface area contributed by atoms with Gasteiger partial charge in [-0.05, 0) is 18.3 Å². The lowest BCUT2D eigenvalue weighted by Gasteiger charge is -2.36. The molecule has 1 rings (SSSR count). The number of nitrogens with one attached hydrogen (secondary N) is 1. The van der Waals surface area contributed by atoms with Crippen molar-refractivity contribution in [1.82, 2.24) is 10.2 Å². The number of alkyl halides is 3. The molecule has 1 aliphatic rings. The van der Waals surface area contributed by atoms with E-state index in [-0.39, 0.29) is 5.41 Å². The largest absolute Gasteiger partial charge is 0.405 e. The number of amides is 2. The maximum absolute atomic E-state index is 11.9. The topological polar surface area (TPSA) is 32.3 Å². The Morgan fingerprint density at radius 3 is 2.25 bits per heavy atom. The highest BCUT2D eigenvalue weighted by Gasteiger charge is 2.31. The Labute approximate surface area is 93.0 Å².